The minimum atomic E-state index is 0.00915. The van der Waals surface area contributed by atoms with Crippen molar-refractivity contribution < 1.29 is 4.79 Å². The summed E-state index contributed by atoms with van der Waals surface area (Å²) in [5.41, 5.74) is 1.84. The van der Waals surface area contributed by atoms with E-state index in [-0.39, 0.29) is 5.91 Å². The van der Waals surface area contributed by atoms with Crippen LogP contribution < -0.4 is 5.32 Å². The molecular weight excluding hydrogens is 348 g/mol. The number of aromatic nitrogens is 2. The Morgan fingerprint density at radius 1 is 0.929 bits per heavy atom. The fourth-order valence-corrected chi connectivity index (χ4v) is 4.43. The third-order valence-electron chi connectivity index (χ3n) is 6.11. The van der Waals surface area contributed by atoms with Gasteiger partial charge in [0.25, 0.3) is 5.91 Å². The van der Waals surface area contributed by atoms with Crippen LogP contribution in [0.2, 0.25) is 0 Å². The molecule has 1 aromatic heterocycles. The number of rotatable bonds is 5. The van der Waals surface area contributed by atoms with Gasteiger partial charge in [-0.3, -0.25) is 4.79 Å². The van der Waals surface area contributed by atoms with Crippen LogP contribution in [0.15, 0.2) is 42.5 Å². The van der Waals surface area contributed by atoms with E-state index < -0.39 is 0 Å². The molecule has 1 saturated heterocycles. The maximum absolute atomic E-state index is 12.8. The van der Waals surface area contributed by atoms with E-state index in [2.05, 4.69) is 45.8 Å². The first-order valence-electron chi connectivity index (χ1n) is 10.7. The molecule has 0 spiro atoms. The quantitative estimate of drug-likeness (QED) is 0.842. The van der Waals surface area contributed by atoms with E-state index >= 15 is 0 Å². The van der Waals surface area contributed by atoms with E-state index in [0.29, 0.717) is 17.7 Å². The fourth-order valence-electron chi connectivity index (χ4n) is 4.43. The number of carbonyl (C=O) groups excluding carboxylic acids is 1. The molecule has 2 heterocycles. The van der Waals surface area contributed by atoms with Gasteiger partial charge >= 0.3 is 0 Å². The lowest BCUT2D eigenvalue weighted by molar-refractivity contribution is 0.0683. The van der Waals surface area contributed by atoms with Crippen LogP contribution >= 0.6 is 0 Å². The lowest BCUT2D eigenvalue weighted by atomic mass is 9.90. The van der Waals surface area contributed by atoms with Crippen molar-refractivity contribution in [3.05, 3.63) is 53.7 Å². The predicted molar refractivity (Wildman–Crippen MR) is 111 cm³/mol. The van der Waals surface area contributed by atoms with Crippen molar-refractivity contribution in [2.45, 2.75) is 57.4 Å². The van der Waals surface area contributed by atoms with Gasteiger partial charge in [0, 0.05) is 19.1 Å². The summed E-state index contributed by atoms with van der Waals surface area (Å²) in [4.78, 5) is 14.7. The minimum Gasteiger partial charge on any atom is -0.366 e. The second kappa shape index (κ2) is 9.18. The van der Waals surface area contributed by atoms with Crippen LogP contribution in [-0.2, 0) is 6.42 Å². The van der Waals surface area contributed by atoms with Crippen molar-refractivity contribution in [1.29, 1.82) is 0 Å². The van der Waals surface area contributed by atoms with Crippen LogP contribution in [0.4, 0.5) is 5.82 Å². The fraction of sp³-hybridized carbons (Fsp3) is 0.522. The molecule has 1 aliphatic carbocycles. The van der Waals surface area contributed by atoms with Crippen molar-refractivity contribution in [2.75, 3.05) is 18.4 Å². The topological polar surface area (TPSA) is 58.1 Å². The number of piperidine rings is 1. The summed E-state index contributed by atoms with van der Waals surface area (Å²) in [6.45, 7) is 1.61. The second-order valence-corrected chi connectivity index (χ2v) is 8.21. The van der Waals surface area contributed by atoms with Gasteiger partial charge in [0.05, 0.1) is 0 Å². The number of hydrogen-bond donors (Lipinski definition) is 1. The van der Waals surface area contributed by atoms with Gasteiger partial charge in [-0.15, -0.1) is 10.2 Å². The van der Waals surface area contributed by atoms with Gasteiger partial charge < -0.3 is 10.2 Å². The van der Waals surface area contributed by atoms with Gasteiger partial charge in [0.2, 0.25) is 0 Å². The first-order chi connectivity index (χ1) is 13.8. The molecule has 1 aliphatic heterocycles. The van der Waals surface area contributed by atoms with E-state index in [9.17, 15) is 4.79 Å². The molecule has 28 heavy (non-hydrogen) atoms. The number of anilines is 1. The van der Waals surface area contributed by atoms with Gasteiger partial charge in [-0.1, -0.05) is 49.6 Å². The van der Waals surface area contributed by atoms with E-state index in [1.165, 1.54) is 37.7 Å². The smallest absolute Gasteiger partial charge is 0.274 e. The summed E-state index contributed by atoms with van der Waals surface area (Å²) in [5, 5.41) is 11.9. The molecular formula is C23H30N4O. The highest BCUT2D eigenvalue weighted by atomic mass is 16.2. The van der Waals surface area contributed by atoms with Crippen LogP contribution in [0, 0.1) is 5.92 Å². The zero-order valence-electron chi connectivity index (χ0n) is 16.5. The molecule has 0 atom stereocenters. The van der Waals surface area contributed by atoms with E-state index in [0.717, 1.165) is 38.2 Å². The van der Waals surface area contributed by atoms with Gasteiger partial charge in [-0.2, -0.15) is 0 Å². The van der Waals surface area contributed by atoms with Gasteiger partial charge in [-0.25, -0.2) is 0 Å². The van der Waals surface area contributed by atoms with E-state index in [1.54, 1.807) is 0 Å². The van der Waals surface area contributed by atoms with Gasteiger partial charge in [0.15, 0.2) is 5.69 Å². The lowest BCUT2D eigenvalue weighted by Gasteiger charge is -2.31. The molecule has 5 nitrogen and oxygen atoms in total. The number of hydrogen-bond acceptors (Lipinski definition) is 4. The molecule has 0 bridgehead atoms. The Morgan fingerprint density at radius 3 is 2.36 bits per heavy atom. The molecule has 2 fully saturated rings. The van der Waals surface area contributed by atoms with Crippen molar-refractivity contribution in [2.24, 2.45) is 5.92 Å². The van der Waals surface area contributed by atoms with E-state index in [1.807, 2.05) is 17.0 Å². The summed E-state index contributed by atoms with van der Waals surface area (Å²) in [5.74, 6) is 1.44. The summed E-state index contributed by atoms with van der Waals surface area (Å²) in [7, 11) is 0. The average molecular weight is 379 g/mol. The summed E-state index contributed by atoms with van der Waals surface area (Å²) >= 11 is 0. The Labute approximate surface area is 167 Å². The Morgan fingerprint density at radius 2 is 1.68 bits per heavy atom. The largest absolute Gasteiger partial charge is 0.366 e. The molecule has 1 N–H and O–H groups in total. The highest BCUT2D eigenvalue weighted by Crippen LogP contribution is 2.23. The van der Waals surface area contributed by atoms with Crippen LogP contribution in [0.5, 0.6) is 0 Å². The Balaban J connectivity index is 1.27. The van der Waals surface area contributed by atoms with E-state index in [4.69, 9.17) is 0 Å². The SMILES string of the molecule is O=C(c1ccc(NC2CCCCC2)nn1)N1CCC(Cc2ccccc2)CC1. The first-order valence-corrected chi connectivity index (χ1v) is 10.7. The van der Waals surface area contributed by atoms with Gasteiger partial charge in [0.1, 0.15) is 5.82 Å². The second-order valence-electron chi connectivity index (χ2n) is 8.21. The number of likely N-dealkylation sites (tertiary alicyclic amines) is 1. The lowest BCUT2D eigenvalue weighted by Crippen LogP contribution is -2.39. The standard InChI is InChI=1S/C23H30N4O/c28-23(21-11-12-22(26-25-21)24-20-9-5-2-6-10-20)27-15-13-19(14-16-27)17-18-7-3-1-4-8-18/h1,3-4,7-8,11-12,19-20H,2,5-6,9-10,13-17H2,(H,24,26). The van der Waals surface area contributed by atoms with Crippen molar-refractivity contribution >= 4 is 11.7 Å². The molecule has 148 valence electrons. The Bertz CT molecular complexity index is 748. The van der Waals surface area contributed by atoms with Crippen LogP contribution in [0.3, 0.4) is 0 Å². The summed E-state index contributed by atoms with van der Waals surface area (Å²) in [6, 6.07) is 14.8. The number of nitrogens with zero attached hydrogens (tertiary/aromatic N) is 3. The average Bonchev–Trinajstić information content (AvgIpc) is 2.76. The molecule has 1 aromatic carbocycles. The molecule has 5 heteroatoms. The number of benzene rings is 1. The number of carbonyl (C=O) groups is 1. The monoisotopic (exact) mass is 378 g/mol. The van der Waals surface area contributed by atoms with Crippen molar-refractivity contribution in [1.82, 2.24) is 15.1 Å². The molecule has 0 unspecified atom stereocenters. The van der Waals surface area contributed by atoms with Crippen LogP contribution in [0.1, 0.15) is 61.0 Å². The zero-order valence-corrected chi connectivity index (χ0v) is 16.5. The van der Waals surface area contributed by atoms with Gasteiger partial charge in [-0.05, 0) is 55.7 Å². The molecule has 1 saturated carbocycles. The third-order valence-corrected chi connectivity index (χ3v) is 6.11. The summed E-state index contributed by atoms with van der Waals surface area (Å²) in [6.07, 6.45) is 9.48. The van der Waals surface area contributed by atoms with Crippen LogP contribution in [-0.4, -0.2) is 40.1 Å². The van der Waals surface area contributed by atoms with Crippen molar-refractivity contribution in [3.8, 4) is 0 Å². The normalized spacial score (nSPS) is 18.8. The zero-order chi connectivity index (χ0) is 19.2. The molecule has 1 amide bonds. The molecule has 4 rings (SSSR count). The number of amides is 1. The molecule has 2 aliphatic rings. The maximum atomic E-state index is 12.8. The Hall–Kier alpha value is -2.43. The first kappa shape index (κ1) is 18.9. The Kier molecular flexibility index (Phi) is 6.20. The molecule has 2 aromatic rings. The number of nitrogens with one attached hydrogen (secondary N) is 1. The minimum absolute atomic E-state index is 0.00915. The van der Waals surface area contributed by atoms with Crippen LogP contribution in [0.25, 0.3) is 0 Å². The highest BCUT2D eigenvalue weighted by Gasteiger charge is 2.25. The maximum Gasteiger partial charge on any atom is 0.274 e. The summed E-state index contributed by atoms with van der Waals surface area (Å²) < 4.78 is 0. The van der Waals surface area contributed by atoms with Crippen molar-refractivity contribution in [3.63, 3.8) is 0 Å². The highest BCUT2D eigenvalue weighted by molar-refractivity contribution is 5.92. The predicted octanol–water partition coefficient (Wildman–Crippen LogP) is 4.32. The third kappa shape index (κ3) is 4.89. The molecule has 0 radical (unpaired) electrons.